The molecule has 2 aromatic carbocycles. The first-order valence-electron chi connectivity index (χ1n) is 14.3. The SMILES string of the molecule is [2H]C([2H])(O)c1ccc(O)c([C@H](CCN(C([2H])(C)C([2H])([2H])[2H])C([2H])(C([2H])([2H])[2H])C([2H])([2H])[2H])c2ccccc2)c1. The number of phenols is 1. The molecule has 0 radical (unpaired) electrons. The summed E-state index contributed by atoms with van der Waals surface area (Å²) in [5.41, 5.74) is 0.401. The molecule has 3 nitrogen and oxygen atoms in total. The third-order valence-corrected chi connectivity index (χ3v) is 4.05. The minimum absolute atomic E-state index is 0.0884. The molecular formula is C22H31NO2. The van der Waals surface area contributed by atoms with Gasteiger partial charge in [0.1, 0.15) is 5.75 Å². The van der Waals surface area contributed by atoms with Crippen LogP contribution in [-0.4, -0.2) is 33.7 Å². The van der Waals surface area contributed by atoms with Crippen molar-refractivity contribution in [2.24, 2.45) is 0 Å². The Bertz CT molecular complexity index is 1080. The van der Waals surface area contributed by atoms with Crippen molar-refractivity contribution in [3.05, 3.63) is 65.2 Å². The molecule has 25 heavy (non-hydrogen) atoms. The van der Waals surface area contributed by atoms with Gasteiger partial charge in [0.05, 0.1) is 9.30 Å². The van der Waals surface area contributed by atoms with Gasteiger partial charge in [0, 0.05) is 38.6 Å². The fraction of sp³-hybridized carbons (Fsp3) is 0.455. The van der Waals surface area contributed by atoms with Gasteiger partial charge in [0.25, 0.3) is 0 Å². The lowest BCUT2D eigenvalue weighted by Gasteiger charge is -2.32. The Balaban J connectivity index is 2.75. The molecule has 2 aromatic rings. The van der Waals surface area contributed by atoms with E-state index in [1.165, 1.54) is 12.1 Å². The molecule has 2 rings (SSSR count). The first-order chi connectivity index (χ1) is 17.0. The number of rotatable bonds is 8. The highest BCUT2D eigenvalue weighted by Gasteiger charge is 2.21. The monoisotopic (exact) mass is 354 g/mol. The number of hydrogen-bond donors (Lipinski definition) is 2. The fourth-order valence-electron chi connectivity index (χ4n) is 2.80. The van der Waals surface area contributed by atoms with E-state index in [2.05, 4.69) is 0 Å². The Morgan fingerprint density at radius 2 is 1.84 bits per heavy atom. The highest BCUT2D eigenvalue weighted by molar-refractivity contribution is 5.43. The van der Waals surface area contributed by atoms with Crippen LogP contribution in [0.2, 0.25) is 0 Å². The molecule has 0 fully saturated rings. The summed E-state index contributed by atoms with van der Waals surface area (Å²) in [6.07, 6.45) is -0.271. The molecule has 3 heteroatoms. The molecule has 0 heterocycles. The summed E-state index contributed by atoms with van der Waals surface area (Å²) in [4.78, 5) is 0.342. The predicted octanol–water partition coefficient (Wildman–Crippen LogP) is 4.53. The fourth-order valence-corrected chi connectivity index (χ4v) is 2.80. The van der Waals surface area contributed by atoms with E-state index in [1.807, 2.05) is 0 Å². The summed E-state index contributed by atoms with van der Waals surface area (Å²) >= 11 is 0. The summed E-state index contributed by atoms with van der Waals surface area (Å²) in [7, 11) is 0. The Kier molecular flexibility index (Phi) is 2.97. The van der Waals surface area contributed by atoms with Crippen LogP contribution in [0, 0.1) is 0 Å². The van der Waals surface area contributed by atoms with Gasteiger partial charge < -0.3 is 10.2 Å². The number of aromatic hydroxyl groups is 1. The summed E-state index contributed by atoms with van der Waals surface area (Å²) in [5.74, 6) is -1.21. The van der Waals surface area contributed by atoms with Crippen molar-refractivity contribution in [1.29, 1.82) is 0 Å². The van der Waals surface area contributed by atoms with Gasteiger partial charge in [0.15, 0.2) is 0 Å². The first kappa shape index (κ1) is 8.24. The molecule has 2 N–H and O–H groups in total. The number of nitrogens with zero attached hydrogens (tertiary/aromatic N) is 1. The van der Waals surface area contributed by atoms with Gasteiger partial charge in [-0.1, -0.05) is 36.4 Å². The topological polar surface area (TPSA) is 43.7 Å². The Morgan fingerprint density at radius 3 is 2.48 bits per heavy atom. The third kappa shape index (κ3) is 5.07. The van der Waals surface area contributed by atoms with Gasteiger partial charge in [0.2, 0.25) is 0 Å². The molecular weight excluding hydrogens is 310 g/mol. The molecule has 136 valence electrons. The molecule has 0 aliphatic heterocycles. The number of benzene rings is 2. The number of aliphatic hydroxyl groups is 1. The van der Waals surface area contributed by atoms with E-state index in [0.717, 1.165) is 13.0 Å². The van der Waals surface area contributed by atoms with Crippen LogP contribution in [0.4, 0.5) is 0 Å². The summed E-state index contributed by atoms with van der Waals surface area (Å²) in [6.45, 7) is -12.9. The molecule has 0 saturated heterocycles. The zero-order valence-corrected chi connectivity index (χ0v) is 14.0. The molecule has 0 saturated carbocycles. The molecule has 0 aliphatic rings. The van der Waals surface area contributed by atoms with Crippen molar-refractivity contribution in [2.75, 3.05) is 6.54 Å². The summed E-state index contributed by atoms with van der Waals surface area (Å²) < 4.78 is 103. The van der Waals surface area contributed by atoms with E-state index < -0.39 is 51.6 Å². The van der Waals surface area contributed by atoms with E-state index in [1.54, 1.807) is 30.3 Å². The second-order valence-corrected chi connectivity index (χ2v) is 5.72. The van der Waals surface area contributed by atoms with Gasteiger partial charge in [-0.25, -0.2) is 0 Å². The van der Waals surface area contributed by atoms with Gasteiger partial charge in [-0.2, -0.15) is 0 Å². The highest BCUT2D eigenvalue weighted by atomic mass is 16.3. The van der Waals surface area contributed by atoms with E-state index in [4.69, 9.17) is 17.8 Å². The van der Waals surface area contributed by atoms with Crippen LogP contribution in [-0.2, 0) is 6.56 Å². The average Bonchev–Trinajstić information content (AvgIpc) is 2.74. The highest BCUT2D eigenvalue weighted by Crippen LogP contribution is 2.35. The zero-order chi connectivity index (χ0) is 29.5. The number of hydrogen-bond acceptors (Lipinski definition) is 3. The predicted molar refractivity (Wildman–Crippen MR) is 104 cm³/mol. The minimum Gasteiger partial charge on any atom is -0.508 e. The van der Waals surface area contributed by atoms with Crippen LogP contribution in [0.15, 0.2) is 48.5 Å². The van der Waals surface area contributed by atoms with E-state index in [9.17, 15) is 10.2 Å². The van der Waals surface area contributed by atoms with Crippen LogP contribution in [0.1, 0.15) is 74.3 Å². The van der Waals surface area contributed by atoms with Crippen LogP contribution in [0.5, 0.6) is 5.75 Å². The quantitative estimate of drug-likeness (QED) is 0.732. The van der Waals surface area contributed by atoms with E-state index in [0.29, 0.717) is 10.5 Å². The second-order valence-electron chi connectivity index (χ2n) is 5.72. The largest absolute Gasteiger partial charge is 0.508 e. The maximum atomic E-state index is 10.6. The lowest BCUT2D eigenvalue weighted by Crippen LogP contribution is -2.38. The maximum Gasteiger partial charge on any atom is 0.119 e. The van der Waals surface area contributed by atoms with Gasteiger partial charge in [-0.15, -0.1) is 0 Å². The lowest BCUT2D eigenvalue weighted by atomic mass is 9.86. The van der Waals surface area contributed by atoms with Crippen LogP contribution >= 0.6 is 0 Å². The van der Waals surface area contributed by atoms with Gasteiger partial charge in [-0.3, -0.25) is 4.90 Å². The molecule has 1 unspecified atom stereocenters. The smallest absolute Gasteiger partial charge is 0.119 e. The molecule has 0 amide bonds. The molecule has 0 bridgehead atoms. The van der Waals surface area contributed by atoms with Crippen molar-refractivity contribution < 1.29 is 28.0 Å². The van der Waals surface area contributed by atoms with Crippen molar-refractivity contribution >= 4 is 0 Å². The maximum absolute atomic E-state index is 10.6. The van der Waals surface area contributed by atoms with Crippen molar-refractivity contribution in [2.45, 2.75) is 58.4 Å². The van der Waals surface area contributed by atoms with E-state index >= 15 is 0 Å². The van der Waals surface area contributed by atoms with E-state index in [-0.39, 0.29) is 23.3 Å². The van der Waals surface area contributed by atoms with Gasteiger partial charge in [-0.05, 0) is 63.7 Å². The van der Waals surface area contributed by atoms with Crippen molar-refractivity contribution in [3.63, 3.8) is 0 Å². The first-order valence-corrected chi connectivity index (χ1v) is 7.84. The minimum atomic E-state index is -3.55. The molecule has 0 aliphatic carbocycles. The van der Waals surface area contributed by atoms with Crippen LogP contribution < -0.4 is 0 Å². The Hall–Kier alpha value is -1.84. The average molecular weight is 355 g/mol. The molecule has 2 atom stereocenters. The zero-order valence-electron chi connectivity index (χ0n) is 27.0. The van der Waals surface area contributed by atoms with Crippen LogP contribution in [0.25, 0.3) is 0 Å². The van der Waals surface area contributed by atoms with Crippen molar-refractivity contribution in [1.82, 2.24) is 4.90 Å². The lowest BCUT2D eigenvalue weighted by molar-refractivity contribution is 0.170. The number of phenolic OH excluding ortho intramolecular Hbond substituents is 1. The molecule has 0 spiro atoms. The van der Waals surface area contributed by atoms with Gasteiger partial charge >= 0.3 is 0 Å². The Labute approximate surface area is 170 Å². The standard InChI is InChI=1S/C22H31NO2/c1-16(2)23(17(3)4)13-12-20(19-8-6-5-7-9-19)21-14-18(15-24)10-11-22(21)25/h5-11,14,16-17,20,24-25H,12-13,15H2,1-4H3/t20-/m1/s1/i1D3,2D3,3D3,15D2,16D,17D/t17?,20-. The Morgan fingerprint density at radius 1 is 1.12 bits per heavy atom. The molecule has 0 aromatic heterocycles. The normalized spacial score (nSPS) is 25.5. The second kappa shape index (κ2) is 9.02. The summed E-state index contributed by atoms with van der Waals surface area (Å²) in [5, 5.41) is 20.5. The van der Waals surface area contributed by atoms with Crippen LogP contribution in [0.3, 0.4) is 0 Å². The third-order valence-electron chi connectivity index (χ3n) is 4.05. The van der Waals surface area contributed by atoms with Crippen molar-refractivity contribution in [3.8, 4) is 5.75 Å². The summed E-state index contributed by atoms with van der Waals surface area (Å²) in [6, 6.07) is 5.49.